The molecule has 0 aliphatic heterocycles. The highest BCUT2D eigenvalue weighted by atomic mass is 35.5. The summed E-state index contributed by atoms with van der Waals surface area (Å²) in [6.45, 7) is 4.15. The van der Waals surface area contributed by atoms with Gasteiger partial charge in [-0.1, -0.05) is 36.7 Å². The number of aryl methyl sites for hydroxylation is 1. The number of anilines is 1. The monoisotopic (exact) mass is 290 g/mol. The van der Waals surface area contributed by atoms with Gasteiger partial charge in [-0.15, -0.1) is 0 Å². The highest BCUT2D eigenvalue weighted by Gasteiger charge is 2.16. The third kappa shape index (κ3) is 3.05. The third-order valence-corrected chi connectivity index (χ3v) is 3.64. The molecule has 3 nitrogen and oxygen atoms in total. The minimum atomic E-state index is 0.131. The van der Waals surface area contributed by atoms with Gasteiger partial charge in [0.05, 0.1) is 18.8 Å². The third-order valence-electron chi connectivity index (χ3n) is 3.35. The lowest BCUT2D eigenvalue weighted by Crippen LogP contribution is -2.12. The van der Waals surface area contributed by atoms with Gasteiger partial charge in [0.25, 0.3) is 0 Å². The van der Waals surface area contributed by atoms with Crippen molar-refractivity contribution in [3.63, 3.8) is 0 Å². The molecule has 0 bridgehead atoms. The van der Waals surface area contributed by atoms with Crippen LogP contribution in [0.3, 0.4) is 0 Å². The molecule has 1 atom stereocenters. The number of hydrogen-bond donors (Lipinski definition) is 1. The molecule has 0 saturated carbocycles. The highest BCUT2D eigenvalue weighted by Crippen LogP contribution is 2.33. The van der Waals surface area contributed by atoms with E-state index in [-0.39, 0.29) is 6.04 Å². The first-order valence-electron chi connectivity index (χ1n) is 6.68. The zero-order chi connectivity index (χ0) is 14.5. The average Bonchev–Trinajstić information content (AvgIpc) is 2.47. The van der Waals surface area contributed by atoms with Crippen molar-refractivity contribution in [2.75, 3.05) is 12.4 Å². The summed E-state index contributed by atoms with van der Waals surface area (Å²) in [6, 6.07) is 10.1. The Kier molecular flexibility index (Phi) is 4.85. The molecule has 1 heterocycles. The van der Waals surface area contributed by atoms with Crippen molar-refractivity contribution in [2.45, 2.75) is 26.3 Å². The second kappa shape index (κ2) is 6.62. The Bertz CT molecular complexity index is 566. The standard InChI is InChI=1S/C16H19ClN2O/c1-4-13(12-7-5-6-8-14(12)20-3)19-15-11(2)9-10-18-16(15)17/h5-10,13,19H,4H2,1-3H3. The predicted octanol–water partition coefficient (Wildman–Crippen LogP) is 4.62. The van der Waals surface area contributed by atoms with Crippen LogP contribution in [0, 0.1) is 6.92 Å². The van der Waals surface area contributed by atoms with Crippen molar-refractivity contribution in [2.24, 2.45) is 0 Å². The van der Waals surface area contributed by atoms with E-state index in [2.05, 4.69) is 23.3 Å². The largest absolute Gasteiger partial charge is 0.496 e. The Balaban J connectivity index is 2.34. The molecular formula is C16H19ClN2O. The summed E-state index contributed by atoms with van der Waals surface area (Å²) >= 11 is 6.19. The first-order chi connectivity index (χ1) is 9.67. The van der Waals surface area contributed by atoms with Gasteiger partial charge < -0.3 is 10.1 Å². The molecule has 0 aliphatic carbocycles. The maximum Gasteiger partial charge on any atom is 0.152 e. The van der Waals surface area contributed by atoms with Crippen molar-refractivity contribution >= 4 is 17.3 Å². The highest BCUT2D eigenvalue weighted by molar-refractivity contribution is 6.32. The number of hydrogen-bond acceptors (Lipinski definition) is 3. The van der Waals surface area contributed by atoms with Gasteiger partial charge in [0.2, 0.25) is 0 Å². The molecule has 2 aromatic rings. The maximum absolute atomic E-state index is 6.19. The van der Waals surface area contributed by atoms with E-state index in [1.54, 1.807) is 13.3 Å². The summed E-state index contributed by atoms with van der Waals surface area (Å²) in [5.74, 6) is 0.879. The number of ether oxygens (including phenoxy) is 1. The number of methoxy groups -OCH3 is 1. The number of nitrogens with one attached hydrogen (secondary N) is 1. The summed E-state index contributed by atoms with van der Waals surface area (Å²) in [5.41, 5.74) is 3.09. The molecule has 4 heteroatoms. The fourth-order valence-corrected chi connectivity index (χ4v) is 2.49. The lowest BCUT2D eigenvalue weighted by Gasteiger charge is -2.22. The number of halogens is 1. The van der Waals surface area contributed by atoms with Gasteiger partial charge in [-0.05, 0) is 31.0 Å². The Morgan fingerprint density at radius 1 is 1.30 bits per heavy atom. The van der Waals surface area contributed by atoms with Crippen LogP contribution in [0.2, 0.25) is 5.15 Å². The quantitative estimate of drug-likeness (QED) is 0.816. The summed E-state index contributed by atoms with van der Waals surface area (Å²) in [4.78, 5) is 4.14. The maximum atomic E-state index is 6.19. The van der Waals surface area contributed by atoms with E-state index in [0.29, 0.717) is 5.15 Å². The normalized spacial score (nSPS) is 12.0. The Labute approximate surface area is 124 Å². The second-order valence-electron chi connectivity index (χ2n) is 4.64. The fourth-order valence-electron chi connectivity index (χ4n) is 2.23. The van der Waals surface area contributed by atoms with Crippen LogP contribution in [0.5, 0.6) is 5.75 Å². The van der Waals surface area contributed by atoms with Gasteiger partial charge in [-0.3, -0.25) is 0 Å². The van der Waals surface area contributed by atoms with Crippen LogP contribution in [0.25, 0.3) is 0 Å². The smallest absolute Gasteiger partial charge is 0.152 e. The minimum Gasteiger partial charge on any atom is -0.496 e. The van der Waals surface area contributed by atoms with E-state index in [4.69, 9.17) is 16.3 Å². The zero-order valence-electron chi connectivity index (χ0n) is 12.0. The van der Waals surface area contributed by atoms with Gasteiger partial charge in [-0.25, -0.2) is 4.98 Å². The molecule has 1 N–H and O–H groups in total. The predicted molar refractivity (Wildman–Crippen MR) is 83.6 cm³/mol. The Hall–Kier alpha value is -1.74. The molecule has 0 saturated heterocycles. The van der Waals surface area contributed by atoms with Crippen molar-refractivity contribution in [3.05, 3.63) is 52.8 Å². The molecule has 20 heavy (non-hydrogen) atoms. The number of rotatable bonds is 5. The van der Waals surface area contributed by atoms with E-state index >= 15 is 0 Å². The molecule has 1 unspecified atom stereocenters. The van der Waals surface area contributed by atoms with Crippen LogP contribution >= 0.6 is 11.6 Å². The number of aromatic nitrogens is 1. The van der Waals surface area contributed by atoms with Crippen molar-refractivity contribution < 1.29 is 4.74 Å². The molecule has 106 valence electrons. The number of benzene rings is 1. The van der Waals surface area contributed by atoms with Crippen molar-refractivity contribution in [1.82, 2.24) is 4.98 Å². The van der Waals surface area contributed by atoms with Gasteiger partial charge in [0.15, 0.2) is 5.15 Å². The molecule has 0 fully saturated rings. The average molecular weight is 291 g/mol. The van der Waals surface area contributed by atoms with Crippen LogP contribution in [-0.4, -0.2) is 12.1 Å². The van der Waals surface area contributed by atoms with Crippen LogP contribution < -0.4 is 10.1 Å². The molecule has 2 rings (SSSR count). The van der Waals surface area contributed by atoms with Crippen LogP contribution in [0.4, 0.5) is 5.69 Å². The minimum absolute atomic E-state index is 0.131. The molecule has 1 aromatic heterocycles. The van der Waals surface area contributed by atoms with E-state index < -0.39 is 0 Å². The van der Waals surface area contributed by atoms with E-state index in [9.17, 15) is 0 Å². The van der Waals surface area contributed by atoms with Crippen LogP contribution in [0.15, 0.2) is 36.5 Å². The van der Waals surface area contributed by atoms with Crippen LogP contribution in [0.1, 0.15) is 30.5 Å². The zero-order valence-corrected chi connectivity index (χ0v) is 12.7. The first kappa shape index (κ1) is 14.7. The topological polar surface area (TPSA) is 34.2 Å². The SMILES string of the molecule is CCC(Nc1c(C)ccnc1Cl)c1ccccc1OC. The van der Waals surface area contributed by atoms with E-state index in [0.717, 1.165) is 29.0 Å². The lowest BCUT2D eigenvalue weighted by atomic mass is 10.0. The van der Waals surface area contributed by atoms with Gasteiger partial charge >= 0.3 is 0 Å². The number of nitrogens with zero attached hydrogens (tertiary/aromatic N) is 1. The number of para-hydroxylation sites is 1. The molecule has 0 amide bonds. The van der Waals surface area contributed by atoms with E-state index in [1.807, 2.05) is 31.2 Å². The Morgan fingerprint density at radius 3 is 2.70 bits per heavy atom. The summed E-state index contributed by atoms with van der Waals surface area (Å²) in [5, 5.41) is 3.98. The van der Waals surface area contributed by atoms with Gasteiger partial charge in [0, 0.05) is 11.8 Å². The van der Waals surface area contributed by atoms with Crippen molar-refractivity contribution in [3.8, 4) is 5.75 Å². The second-order valence-corrected chi connectivity index (χ2v) is 5.00. The van der Waals surface area contributed by atoms with Gasteiger partial charge in [0.1, 0.15) is 5.75 Å². The molecule has 1 aromatic carbocycles. The molecular weight excluding hydrogens is 272 g/mol. The first-order valence-corrected chi connectivity index (χ1v) is 7.05. The molecule has 0 spiro atoms. The Morgan fingerprint density at radius 2 is 2.05 bits per heavy atom. The lowest BCUT2D eigenvalue weighted by molar-refractivity contribution is 0.406. The molecule has 0 radical (unpaired) electrons. The summed E-state index contributed by atoms with van der Waals surface area (Å²) in [6.07, 6.45) is 2.64. The van der Waals surface area contributed by atoms with Gasteiger partial charge in [-0.2, -0.15) is 0 Å². The molecule has 0 aliphatic rings. The van der Waals surface area contributed by atoms with E-state index in [1.165, 1.54) is 0 Å². The fraction of sp³-hybridized carbons (Fsp3) is 0.312. The number of pyridine rings is 1. The summed E-state index contributed by atoms with van der Waals surface area (Å²) < 4.78 is 5.44. The van der Waals surface area contributed by atoms with Crippen molar-refractivity contribution in [1.29, 1.82) is 0 Å². The van der Waals surface area contributed by atoms with Crippen LogP contribution in [-0.2, 0) is 0 Å². The summed E-state index contributed by atoms with van der Waals surface area (Å²) in [7, 11) is 1.69.